The molecule has 1 aliphatic heterocycles. The van der Waals surface area contributed by atoms with E-state index in [1.807, 2.05) is 0 Å². The molecule has 1 aromatic carbocycles. The van der Waals surface area contributed by atoms with Crippen LogP contribution in [0, 0.1) is 0 Å². The highest BCUT2D eigenvalue weighted by atomic mass is 35.5. The van der Waals surface area contributed by atoms with Crippen molar-refractivity contribution in [1.82, 2.24) is 20.1 Å². The second kappa shape index (κ2) is 7.84. The largest absolute Gasteiger partial charge is 0.326 e. The first kappa shape index (κ1) is 18.3. The molecule has 0 aliphatic carbocycles. The van der Waals surface area contributed by atoms with Crippen LogP contribution in [0.25, 0.3) is 0 Å². The van der Waals surface area contributed by atoms with Gasteiger partial charge < -0.3 is 10.6 Å². The number of aromatic nitrogens is 3. The van der Waals surface area contributed by atoms with E-state index < -0.39 is 5.91 Å². The molecule has 0 radical (unpaired) electrons. The standard InChI is InChI=1S/C17H21ClN6O2/c1-10(25)20-12-3-4-14(18)13(9-12)16(26)22-17-21-15(23-24(17)2)11-5-7-19-8-6-11/h3-4,9,11,19H,5-8H2,1-2H3,(H,20,25)(H,21,22,23,26). The van der Waals surface area contributed by atoms with Gasteiger partial charge in [0.15, 0.2) is 5.82 Å². The Kier molecular flexibility index (Phi) is 5.53. The average molecular weight is 377 g/mol. The van der Waals surface area contributed by atoms with E-state index in [2.05, 4.69) is 26.0 Å². The van der Waals surface area contributed by atoms with Gasteiger partial charge in [0.05, 0.1) is 10.6 Å². The van der Waals surface area contributed by atoms with Gasteiger partial charge >= 0.3 is 0 Å². The summed E-state index contributed by atoms with van der Waals surface area (Å²) < 4.78 is 1.56. The molecule has 0 spiro atoms. The van der Waals surface area contributed by atoms with Crippen molar-refractivity contribution < 1.29 is 9.59 Å². The smallest absolute Gasteiger partial charge is 0.259 e. The number of nitrogens with zero attached hydrogens (tertiary/aromatic N) is 3. The first-order chi connectivity index (χ1) is 12.4. The fraction of sp³-hybridized carbons (Fsp3) is 0.412. The van der Waals surface area contributed by atoms with Crippen LogP contribution in [0.5, 0.6) is 0 Å². The van der Waals surface area contributed by atoms with Crippen molar-refractivity contribution in [2.45, 2.75) is 25.7 Å². The van der Waals surface area contributed by atoms with Gasteiger partial charge in [-0.15, -0.1) is 0 Å². The van der Waals surface area contributed by atoms with Crippen molar-refractivity contribution >= 4 is 35.1 Å². The third-order valence-electron chi connectivity index (χ3n) is 4.24. The summed E-state index contributed by atoms with van der Waals surface area (Å²) in [7, 11) is 1.74. The topological polar surface area (TPSA) is 101 Å². The van der Waals surface area contributed by atoms with Gasteiger partial charge in [-0.2, -0.15) is 10.1 Å². The highest BCUT2D eigenvalue weighted by Crippen LogP contribution is 2.25. The molecule has 2 heterocycles. The predicted molar refractivity (Wildman–Crippen MR) is 99.6 cm³/mol. The molecule has 2 amide bonds. The molecule has 1 saturated heterocycles. The van der Waals surface area contributed by atoms with Crippen molar-refractivity contribution in [3.05, 3.63) is 34.6 Å². The number of carbonyl (C=O) groups is 2. The highest BCUT2D eigenvalue weighted by molar-refractivity contribution is 6.34. The lowest BCUT2D eigenvalue weighted by atomic mass is 9.98. The van der Waals surface area contributed by atoms with Gasteiger partial charge in [-0.3, -0.25) is 14.9 Å². The molecule has 3 N–H and O–H groups in total. The summed E-state index contributed by atoms with van der Waals surface area (Å²) in [5, 5.41) is 13.4. The molecular weight excluding hydrogens is 356 g/mol. The Morgan fingerprint density at radius 3 is 2.69 bits per heavy atom. The van der Waals surface area contributed by atoms with Crippen LogP contribution in [0.1, 0.15) is 41.9 Å². The van der Waals surface area contributed by atoms with Crippen LogP contribution in [0.2, 0.25) is 5.02 Å². The van der Waals surface area contributed by atoms with Gasteiger partial charge in [-0.1, -0.05) is 11.6 Å². The van der Waals surface area contributed by atoms with Crippen LogP contribution >= 0.6 is 11.6 Å². The van der Waals surface area contributed by atoms with Gasteiger partial charge in [-0.25, -0.2) is 4.68 Å². The van der Waals surface area contributed by atoms with E-state index in [1.54, 1.807) is 23.9 Å². The monoisotopic (exact) mass is 376 g/mol. The minimum absolute atomic E-state index is 0.224. The van der Waals surface area contributed by atoms with Crippen LogP contribution in [-0.4, -0.2) is 39.7 Å². The lowest BCUT2D eigenvalue weighted by Crippen LogP contribution is -2.27. The summed E-state index contributed by atoms with van der Waals surface area (Å²) in [5.41, 5.74) is 0.754. The first-order valence-corrected chi connectivity index (χ1v) is 8.82. The fourth-order valence-electron chi connectivity index (χ4n) is 2.92. The third kappa shape index (κ3) is 4.20. The highest BCUT2D eigenvalue weighted by Gasteiger charge is 2.22. The third-order valence-corrected chi connectivity index (χ3v) is 4.57. The molecular formula is C17H21ClN6O2. The predicted octanol–water partition coefficient (Wildman–Crippen LogP) is 2.15. The minimum Gasteiger partial charge on any atom is -0.326 e. The Morgan fingerprint density at radius 2 is 2.00 bits per heavy atom. The second-order valence-electron chi connectivity index (χ2n) is 6.27. The summed E-state index contributed by atoms with van der Waals surface area (Å²) in [6.45, 7) is 3.28. The number of carbonyl (C=O) groups excluding carboxylic acids is 2. The summed E-state index contributed by atoms with van der Waals surface area (Å²) >= 11 is 6.14. The maximum Gasteiger partial charge on any atom is 0.259 e. The van der Waals surface area contributed by atoms with Crippen LogP contribution in [0.3, 0.4) is 0 Å². The lowest BCUT2D eigenvalue weighted by Gasteiger charge is -2.19. The van der Waals surface area contributed by atoms with Crippen LogP contribution in [0.15, 0.2) is 18.2 Å². The van der Waals surface area contributed by atoms with Crippen LogP contribution in [0.4, 0.5) is 11.6 Å². The molecule has 1 aliphatic rings. The van der Waals surface area contributed by atoms with Crippen molar-refractivity contribution in [2.24, 2.45) is 7.05 Å². The molecule has 138 valence electrons. The molecule has 0 atom stereocenters. The maximum atomic E-state index is 12.6. The Morgan fingerprint density at radius 1 is 1.27 bits per heavy atom. The number of nitrogens with one attached hydrogen (secondary N) is 3. The number of rotatable bonds is 4. The summed E-state index contributed by atoms with van der Waals surface area (Å²) in [4.78, 5) is 28.3. The van der Waals surface area contributed by atoms with E-state index in [9.17, 15) is 9.59 Å². The normalized spacial score (nSPS) is 14.9. The molecule has 1 fully saturated rings. The lowest BCUT2D eigenvalue weighted by molar-refractivity contribution is -0.114. The Hall–Kier alpha value is -2.45. The van der Waals surface area contributed by atoms with Gasteiger partial charge in [0.1, 0.15) is 0 Å². The quantitative estimate of drug-likeness (QED) is 0.759. The van der Waals surface area contributed by atoms with Crippen molar-refractivity contribution in [1.29, 1.82) is 0 Å². The zero-order chi connectivity index (χ0) is 18.7. The van der Waals surface area contributed by atoms with Crippen molar-refractivity contribution in [3.8, 4) is 0 Å². The minimum atomic E-state index is -0.408. The van der Waals surface area contributed by atoms with Crippen LogP contribution < -0.4 is 16.0 Å². The molecule has 26 heavy (non-hydrogen) atoms. The molecule has 0 bridgehead atoms. The SMILES string of the molecule is CC(=O)Nc1ccc(Cl)c(C(=O)Nc2nc(C3CCNCC3)nn2C)c1. The van der Waals surface area contributed by atoms with E-state index in [0.717, 1.165) is 31.8 Å². The first-order valence-electron chi connectivity index (χ1n) is 8.44. The molecule has 8 nitrogen and oxygen atoms in total. The number of hydrogen-bond donors (Lipinski definition) is 3. The number of hydrogen-bond acceptors (Lipinski definition) is 5. The van der Waals surface area contributed by atoms with Gasteiger partial charge in [0.25, 0.3) is 5.91 Å². The van der Waals surface area contributed by atoms with E-state index in [0.29, 0.717) is 17.6 Å². The zero-order valence-corrected chi connectivity index (χ0v) is 15.4. The summed E-state index contributed by atoms with van der Waals surface area (Å²) in [6.07, 6.45) is 1.95. The number of anilines is 2. The zero-order valence-electron chi connectivity index (χ0n) is 14.7. The van der Waals surface area contributed by atoms with Gasteiger partial charge in [0, 0.05) is 25.6 Å². The maximum absolute atomic E-state index is 12.6. The van der Waals surface area contributed by atoms with Crippen LogP contribution in [-0.2, 0) is 11.8 Å². The molecule has 9 heteroatoms. The number of halogens is 1. The fourth-order valence-corrected chi connectivity index (χ4v) is 3.12. The summed E-state index contributed by atoms with van der Waals surface area (Å²) in [6, 6.07) is 4.74. The number of aryl methyl sites for hydroxylation is 1. The number of benzene rings is 1. The molecule has 3 rings (SSSR count). The molecule has 0 unspecified atom stereocenters. The van der Waals surface area contributed by atoms with E-state index in [-0.39, 0.29) is 16.5 Å². The number of amides is 2. The Bertz CT molecular complexity index is 829. The Balaban J connectivity index is 1.77. The van der Waals surface area contributed by atoms with Gasteiger partial charge in [0.2, 0.25) is 11.9 Å². The average Bonchev–Trinajstić information content (AvgIpc) is 2.97. The number of piperidine rings is 1. The van der Waals surface area contributed by atoms with E-state index in [1.165, 1.54) is 13.0 Å². The second-order valence-corrected chi connectivity index (χ2v) is 6.68. The molecule has 0 saturated carbocycles. The van der Waals surface area contributed by atoms with Gasteiger partial charge in [-0.05, 0) is 44.1 Å². The van der Waals surface area contributed by atoms with Crippen molar-refractivity contribution in [3.63, 3.8) is 0 Å². The van der Waals surface area contributed by atoms with Crippen molar-refractivity contribution in [2.75, 3.05) is 23.7 Å². The van der Waals surface area contributed by atoms with E-state index in [4.69, 9.17) is 11.6 Å². The van der Waals surface area contributed by atoms with E-state index >= 15 is 0 Å². The Labute approximate surface area is 156 Å². The molecule has 2 aromatic rings. The summed E-state index contributed by atoms with van der Waals surface area (Å²) in [5.74, 6) is 0.764. The molecule has 1 aromatic heterocycles.